The van der Waals surface area contributed by atoms with Crippen LogP contribution in [-0.2, 0) is 4.74 Å². The average Bonchev–Trinajstić information content (AvgIpc) is 2.24. The number of rotatable bonds is 5. The first kappa shape index (κ1) is 14.1. The monoisotopic (exact) mass is 244 g/mol. The van der Waals surface area contributed by atoms with E-state index in [-0.39, 0.29) is 0 Å². The molecule has 0 bridgehead atoms. The fourth-order valence-corrected chi connectivity index (χ4v) is 2.74. The van der Waals surface area contributed by atoms with E-state index in [1.165, 1.54) is 19.3 Å². The van der Waals surface area contributed by atoms with Gasteiger partial charge in [-0.2, -0.15) is 0 Å². The van der Waals surface area contributed by atoms with Crippen LogP contribution < -0.4 is 0 Å². The summed E-state index contributed by atoms with van der Waals surface area (Å²) in [7, 11) is 0. The van der Waals surface area contributed by atoms with Crippen LogP contribution in [0.2, 0.25) is 0 Å². The van der Waals surface area contributed by atoms with Gasteiger partial charge in [0.2, 0.25) is 0 Å². The molecule has 0 amide bonds. The Morgan fingerprint density at radius 2 is 2.06 bits per heavy atom. The molecule has 1 aliphatic carbocycles. The van der Waals surface area contributed by atoms with Gasteiger partial charge in [0.25, 0.3) is 0 Å². The Balaban J connectivity index is 2.41. The molecule has 1 saturated carbocycles. The highest BCUT2D eigenvalue weighted by molar-refractivity contribution is 6.18. The molecule has 0 heterocycles. The van der Waals surface area contributed by atoms with Gasteiger partial charge in [-0.1, -0.05) is 39.3 Å². The fourth-order valence-electron chi connectivity index (χ4n) is 2.62. The maximum absolute atomic E-state index is 5.98. The topological polar surface area (TPSA) is 9.23 Å². The van der Waals surface area contributed by atoms with Crippen LogP contribution in [0, 0.1) is 17.8 Å². The van der Waals surface area contributed by atoms with Crippen molar-refractivity contribution in [2.75, 3.05) is 12.5 Å². The predicted molar refractivity (Wildman–Crippen MR) is 70.9 cm³/mol. The number of allylic oxidation sites excluding steroid dienone is 1. The summed E-state index contributed by atoms with van der Waals surface area (Å²) < 4.78 is 5.98. The zero-order valence-electron chi connectivity index (χ0n) is 10.8. The first-order chi connectivity index (χ1) is 7.65. The molecule has 1 nitrogen and oxygen atoms in total. The molecule has 16 heavy (non-hydrogen) atoms. The van der Waals surface area contributed by atoms with E-state index in [1.807, 2.05) is 12.2 Å². The molecule has 1 fully saturated rings. The van der Waals surface area contributed by atoms with Gasteiger partial charge in [0.15, 0.2) is 0 Å². The Hall–Kier alpha value is -0.0100. The summed E-state index contributed by atoms with van der Waals surface area (Å²) in [4.78, 5) is 0. The lowest BCUT2D eigenvalue weighted by Crippen LogP contribution is -2.34. The minimum absolute atomic E-state index is 0.448. The molecular formula is C14H25ClO. The van der Waals surface area contributed by atoms with Crippen LogP contribution in [-0.4, -0.2) is 18.6 Å². The largest absolute Gasteiger partial charge is 0.374 e. The van der Waals surface area contributed by atoms with Crippen molar-refractivity contribution in [3.05, 3.63) is 12.2 Å². The van der Waals surface area contributed by atoms with Crippen LogP contribution in [0.3, 0.4) is 0 Å². The van der Waals surface area contributed by atoms with E-state index in [0.29, 0.717) is 18.6 Å². The Labute approximate surface area is 105 Å². The predicted octanol–water partition coefficient (Wildman–Crippen LogP) is 4.26. The maximum atomic E-state index is 5.98. The summed E-state index contributed by atoms with van der Waals surface area (Å²) in [6.45, 7) is 7.67. The molecule has 94 valence electrons. The number of halogens is 1. The van der Waals surface area contributed by atoms with E-state index in [9.17, 15) is 0 Å². The second-order valence-electron chi connectivity index (χ2n) is 5.32. The molecular weight excluding hydrogens is 220 g/mol. The Kier molecular flexibility index (Phi) is 6.45. The van der Waals surface area contributed by atoms with E-state index < -0.39 is 0 Å². The summed E-state index contributed by atoms with van der Waals surface area (Å²) >= 11 is 5.58. The van der Waals surface area contributed by atoms with Crippen LogP contribution in [0.15, 0.2) is 12.2 Å². The van der Waals surface area contributed by atoms with Crippen LogP contribution in [0.25, 0.3) is 0 Å². The smallest absolute Gasteiger partial charge is 0.0651 e. The van der Waals surface area contributed by atoms with E-state index in [0.717, 1.165) is 17.8 Å². The fraction of sp³-hybridized carbons (Fsp3) is 0.857. The number of hydrogen-bond donors (Lipinski definition) is 0. The average molecular weight is 245 g/mol. The summed E-state index contributed by atoms with van der Waals surface area (Å²) in [6, 6.07) is 0. The molecule has 0 radical (unpaired) electrons. The first-order valence-corrected chi connectivity index (χ1v) is 7.01. The Morgan fingerprint density at radius 3 is 2.69 bits per heavy atom. The highest BCUT2D eigenvalue weighted by atomic mass is 35.5. The highest BCUT2D eigenvalue weighted by Gasteiger charge is 2.30. The van der Waals surface area contributed by atoms with Crippen LogP contribution in [0.5, 0.6) is 0 Å². The lowest BCUT2D eigenvalue weighted by atomic mass is 9.75. The highest BCUT2D eigenvalue weighted by Crippen LogP contribution is 2.35. The minimum Gasteiger partial charge on any atom is -0.374 e. The van der Waals surface area contributed by atoms with E-state index in [2.05, 4.69) is 20.8 Å². The van der Waals surface area contributed by atoms with Gasteiger partial charge in [-0.15, -0.1) is 11.6 Å². The molecule has 1 rings (SSSR count). The molecule has 0 aliphatic heterocycles. The van der Waals surface area contributed by atoms with Gasteiger partial charge in [0, 0.05) is 5.88 Å². The van der Waals surface area contributed by atoms with E-state index >= 15 is 0 Å². The Morgan fingerprint density at radius 1 is 1.31 bits per heavy atom. The van der Waals surface area contributed by atoms with Crippen molar-refractivity contribution in [3.8, 4) is 0 Å². The summed E-state index contributed by atoms with van der Waals surface area (Å²) in [5, 5.41) is 0. The molecule has 0 aromatic heterocycles. The van der Waals surface area contributed by atoms with Crippen LogP contribution in [0.4, 0.5) is 0 Å². The molecule has 2 heteroatoms. The number of ether oxygens (including phenoxy) is 1. The van der Waals surface area contributed by atoms with Crippen molar-refractivity contribution in [3.63, 3.8) is 0 Å². The van der Waals surface area contributed by atoms with Crippen molar-refractivity contribution in [2.24, 2.45) is 17.8 Å². The quantitative estimate of drug-likeness (QED) is 0.519. The third-order valence-corrected chi connectivity index (χ3v) is 3.80. The molecule has 0 saturated heterocycles. The molecule has 0 spiro atoms. The van der Waals surface area contributed by atoms with Gasteiger partial charge in [-0.3, -0.25) is 0 Å². The van der Waals surface area contributed by atoms with Gasteiger partial charge in [-0.05, 0) is 30.6 Å². The van der Waals surface area contributed by atoms with Gasteiger partial charge < -0.3 is 4.74 Å². The molecule has 0 aromatic carbocycles. The molecule has 1 aliphatic rings. The number of hydrogen-bond acceptors (Lipinski definition) is 1. The minimum atomic E-state index is 0.448. The van der Waals surface area contributed by atoms with Crippen molar-refractivity contribution in [2.45, 2.75) is 46.1 Å². The zero-order valence-corrected chi connectivity index (χ0v) is 11.5. The third kappa shape index (κ3) is 4.47. The molecule has 3 unspecified atom stereocenters. The summed E-state index contributed by atoms with van der Waals surface area (Å²) in [5.41, 5.74) is 0. The molecule has 0 N–H and O–H groups in total. The van der Waals surface area contributed by atoms with Crippen molar-refractivity contribution >= 4 is 11.6 Å². The number of alkyl halides is 1. The zero-order chi connectivity index (χ0) is 12.0. The maximum Gasteiger partial charge on any atom is 0.0651 e. The van der Waals surface area contributed by atoms with Crippen molar-refractivity contribution in [1.29, 1.82) is 0 Å². The summed E-state index contributed by atoms with van der Waals surface area (Å²) in [6.07, 6.45) is 8.34. The third-order valence-electron chi connectivity index (χ3n) is 3.62. The standard InChI is InChI=1S/C14H25ClO/c1-11(2)13-7-6-12(3)10-14(13)16-9-5-4-8-15/h4-5,11-14H,6-10H2,1-3H3. The van der Waals surface area contributed by atoms with E-state index in [1.54, 1.807) is 0 Å². The van der Waals surface area contributed by atoms with Crippen LogP contribution in [0.1, 0.15) is 40.0 Å². The molecule has 0 aromatic rings. The van der Waals surface area contributed by atoms with Gasteiger partial charge >= 0.3 is 0 Å². The van der Waals surface area contributed by atoms with Crippen molar-refractivity contribution in [1.82, 2.24) is 0 Å². The Bertz CT molecular complexity index is 213. The molecule has 3 atom stereocenters. The lowest BCUT2D eigenvalue weighted by molar-refractivity contribution is -0.0262. The second kappa shape index (κ2) is 7.34. The first-order valence-electron chi connectivity index (χ1n) is 6.47. The second-order valence-corrected chi connectivity index (χ2v) is 5.63. The van der Waals surface area contributed by atoms with E-state index in [4.69, 9.17) is 16.3 Å². The normalized spacial score (nSPS) is 31.4. The summed E-state index contributed by atoms with van der Waals surface area (Å²) in [5.74, 6) is 2.87. The van der Waals surface area contributed by atoms with Crippen molar-refractivity contribution < 1.29 is 4.74 Å². The lowest BCUT2D eigenvalue weighted by Gasteiger charge is -2.37. The van der Waals surface area contributed by atoms with Gasteiger partial charge in [0.1, 0.15) is 0 Å². The van der Waals surface area contributed by atoms with Crippen LogP contribution >= 0.6 is 11.6 Å². The van der Waals surface area contributed by atoms with Gasteiger partial charge in [0.05, 0.1) is 12.7 Å². The SMILES string of the molecule is CC1CCC(C(C)C)C(OCC=CCCl)C1. The van der Waals surface area contributed by atoms with Gasteiger partial charge in [-0.25, -0.2) is 0 Å².